The van der Waals surface area contributed by atoms with Crippen molar-refractivity contribution in [2.45, 2.75) is 45.4 Å². The van der Waals surface area contributed by atoms with Crippen LogP contribution in [-0.4, -0.2) is 18.0 Å². The van der Waals surface area contributed by atoms with Gasteiger partial charge in [0.05, 0.1) is 4.92 Å². The van der Waals surface area contributed by atoms with Crippen molar-refractivity contribution in [1.29, 1.82) is 0 Å². The van der Waals surface area contributed by atoms with Crippen molar-refractivity contribution in [2.24, 2.45) is 5.41 Å². The zero-order valence-corrected chi connectivity index (χ0v) is 13.5. The molecule has 0 bridgehead atoms. The van der Waals surface area contributed by atoms with Crippen molar-refractivity contribution >= 4 is 23.0 Å². The molecule has 2 rings (SSSR count). The number of hydrogen-bond acceptors (Lipinski definition) is 3. The third-order valence-electron chi connectivity index (χ3n) is 5.08. The summed E-state index contributed by atoms with van der Waals surface area (Å²) in [5, 5.41) is 10.9. The molecule has 1 aliphatic rings. The minimum absolute atomic E-state index is 0.114. The van der Waals surface area contributed by atoms with E-state index >= 15 is 0 Å². The number of nitro groups is 1. The van der Waals surface area contributed by atoms with E-state index in [0.717, 1.165) is 24.3 Å². The van der Waals surface area contributed by atoms with Crippen LogP contribution in [0.15, 0.2) is 18.2 Å². The molecule has 0 radical (unpaired) electrons. The van der Waals surface area contributed by atoms with Gasteiger partial charge in [-0.3, -0.25) is 10.1 Å². The number of piperidine rings is 1. The van der Waals surface area contributed by atoms with Gasteiger partial charge in [0.2, 0.25) is 0 Å². The van der Waals surface area contributed by atoms with Crippen LogP contribution in [0.2, 0.25) is 0 Å². The number of rotatable bonds is 5. The van der Waals surface area contributed by atoms with E-state index in [2.05, 4.69) is 18.7 Å². The van der Waals surface area contributed by atoms with E-state index in [1.165, 1.54) is 25.7 Å². The van der Waals surface area contributed by atoms with Crippen LogP contribution < -0.4 is 4.90 Å². The fourth-order valence-electron chi connectivity index (χ4n) is 3.28. The fourth-order valence-corrected chi connectivity index (χ4v) is 3.49. The predicted molar refractivity (Wildman–Crippen MR) is 87.1 cm³/mol. The van der Waals surface area contributed by atoms with E-state index in [4.69, 9.17) is 11.6 Å². The van der Waals surface area contributed by atoms with Crippen molar-refractivity contribution in [1.82, 2.24) is 0 Å². The standard InChI is InChI=1S/C16H23ClN2O2/c1-3-16(4-2)7-9-18(10-8-16)15-6-5-14(19(20)21)11-13(15)12-17/h5-6,11H,3-4,7-10,12H2,1-2H3. The van der Waals surface area contributed by atoms with Crippen molar-refractivity contribution in [3.05, 3.63) is 33.9 Å². The first-order chi connectivity index (χ1) is 10.0. The Morgan fingerprint density at radius 2 is 1.90 bits per heavy atom. The molecule has 1 saturated heterocycles. The number of nitro benzene ring substituents is 1. The Morgan fingerprint density at radius 1 is 1.29 bits per heavy atom. The monoisotopic (exact) mass is 310 g/mol. The highest BCUT2D eigenvalue weighted by molar-refractivity contribution is 6.17. The predicted octanol–water partition coefficient (Wildman–Crippen LogP) is 4.74. The average Bonchev–Trinajstić information content (AvgIpc) is 2.54. The van der Waals surface area contributed by atoms with Gasteiger partial charge in [-0.15, -0.1) is 11.6 Å². The second-order valence-corrected chi connectivity index (χ2v) is 6.17. The second kappa shape index (κ2) is 6.65. The van der Waals surface area contributed by atoms with Gasteiger partial charge in [0.1, 0.15) is 0 Å². The van der Waals surface area contributed by atoms with Crippen molar-refractivity contribution in [3.63, 3.8) is 0 Å². The zero-order chi connectivity index (χ0) is 15.5. The molecule has 0 N–H and O–H groups in total. The fraction of sp³-hybridized carbons (Fsp3) is 0.625. The van der Waals surface area contributed by atoms with E-state index in [1.807, 2.05) is 6.07 Å². The third-order valence-corrected chi connectivity index (χ3v) is 5.37. The van der Waals surface area contributed by atoms with Crippen LogP contribution in [0, 0.1) is 15.5 Å². The van der Waals surface area contributed by atoms with Gasteiger partial charge in [-0.1, -0.05) is 26.7 Å². The van der Waals surface area contributed by atoms with Crippen LogP contribution in [0.4, 0.5) is 11.4 Å². The van der Waals surface area contributed by atoms with Crippen LogP contribution in [-0.2, 0) is 5.88 Å². The summed E-state index contributed by atoms with van der Waals surface area (Å²) >= 11 is 5.99. The highest BCUT2D eigenvalue weighted by Gasteiger charge is 2.31. The quantitative estimate of drug-likeness (QED) is 0.448. The molecule has 0 aromatic heterocycles. The first-order valence-corrected chi connectivity index (χ1v) is 8.17. The lowest BCUT2D eigenvalue weighted by molar-refractivity contribution is -0.384. The molecule has 0 unspecified atom stereocenters. The minimum atomic E-state index is -0.366. The van der Waals surface area contributed by atoms with Gasteiger partial charge in [0.15, 0.2) is 0 Å². The number of hydrogen-bond donors (Lipinski definition) is 0. The summed E-state index contributed by atoms with van der Waals surface area (Å²) < 4.78 is 0. The number of benzene rings is 1. The van der Waals surface area contributed by atoms with Gasteiger partial charge in [0.25, 0.3) is 5.69 Å². The van der Waals surface area contributed by atoms with Gasteiger partial charge >= 0.3 is 0 Å². The summed E-state index contributed by atoms with van der Waals surface area (Å²) in [7, 11) is 0. The molecular weight excluding hydrogens is 288 g/mol. The van der Waals surface area contributed by atoms with Crippen LogP contribution in [0.3, 0.4) is 0 Å². The Kier molecular flexibility index (Phi) is 5.09. The van der Waals surface area contributed by atoms with E-state index in [9.17, 15) is 10.1 Å². The van der Waals surface area contributed by atoms with Gasteiger partial charge in [-0.2, -0.15) is 0 Å². The maximum atomic E-state index is 10.9. The number of non-ortho nitro benzene ring substituents is 1. The normalized spacial score (nSPS) is 17.8. The molecule has 1 aromatic rings. The molecule has 1 fully saturated rings. The zero-order valence-electron chi connectivity index (χ0n) is 12.8. The minimum Gasteiger partial charge on any atom is -0.371 e. The summed E-state index contributed by atoms with van der Waals surface area (Å²) in [6, 6.07) is 5.03. The molecule has 0 aliphatic carbocycles. The molecular formula is C16H23ClN2O2. The van der Waals surface area contributed by atoms with E-state index < -0.39 is 0 Å². The Labute approximate surface area is 131 Å². The molecule has 1 aromatic carbocycles. The Balaban J connectivity index is 2.18. The van der Waals surface area contributed by atoms with Crippen molar-refractivity contribution < 1.29 is 4.92 Å². The molecule has 0 saturated carbocycles. The topological polar surface area (TPSA) is 46.4 Å². The SMILES string of the molecule is CCC1(CC)CCN(c2ccc([N+](=O)[O-])cc2CCl)CC1. The third kappa shape index (κ3) is 3.31. The lowest BCUT2D eigenvalue weighted by Gasteiger charge is -2.42. The van der Waals surface area contributed by atoms with Gasteiger partial charge in [-0.05, 0) is 29.9 Å². The summed E-state index contributed by atoms with van der Waals surface area (Å²) in [6.45, 7) is 6.55. The molecule has 0 amide bonds. The highest BCUT2D eigenvalue weighted by Crippen LogP contribution is 2.40. The first-order valence-electron chi connectivity index (χ1n) is 7.63. The van der Waals surface area contributed by atoms with Crippen molar-refractivity contribution in [2.75, 3.05) is 18.0 Å². The Bertz CT molecular complexity index is 505. The summed E-state index contributed by atoms with van der Waals surface area (Å²) in [6.07, 6.45) is 4.80. The summed E-state index contributed by atoms with van der Waals surface area (Å²) in [5.41, 5.74) is 2.49. The molecule has 0 atom stereocenters. The molecule has 116 valence electrons. The summed E-state index contributed by atoms with van der Waals surface area (Å²) in [4.78, 5) is 12.8. The average molecular weight is 311 g/mol. The molecule has 1 aliphatic heterocycles. The maximum Gasteiger partial charge on any atom is 0.269 e. The molecule has 5 heteroatoms. The van der Waals surface area contributed by atoms with Gasteiger partial charge in [-0.25, -0.2) is 0 Å². The van der Waals surface area contributed by atoms with E-state index in [0.29, 0.717) is 11.3 Å². The molecule has 1 heterocycles. The smallest absolute Gasteiger partial charge is 0.269 e. The van der Waals surface area contributed by atoms with Crippen LogP contribution >= 0.6 is 11.6 Å². The van der Waals surface area contributed by atoms with Crippen LogP contribution in [0.5, 0.6) is 0 Å². The highest BCUT2D eigenvalue weighted by atomic mass is 35.5. The summed E-state index contributed by atoms with van der Waals surface area (Å²) in [5.74, 6) is 0.306. The number of halogens is 1. The Hall–Kier alpha value is -1.29. The molecule has 0 spiro atoms. The maximum absolute atomic E-state index is 10.9. The van der Waals surface area contributed by atoms with Gasteiger partial charge in [0, 0.05) is 36.8 Å². The lowest BCUT2D eigenvalue weighted by atomic mass is 9.74. The second-order valence-electron chi connectivity index (χ2n) is 5.90. The number of anilines is 1. The number of nitrogens with zero attached hydrogens (tertiary/aromatic N) is 2. The molecule has 21 heavy (non-hydrogen) atoms. The lowest BCUT2D eigenvalue weighted by Crippen LogP contribution is -2.40. The number of alkyl halides is 1. The largest absolute Gasteiger partial charge is 0.371 e. The van der Waals surface area contributed by atoms with Gasteiger partial charge < -0.3 is 4.90 Å². The first kappa shape index (κ1) is 16.1. The van der Waals surface area contributed by atoms with Crippen LogP contribution in [0.1, 0.15) is 45.1 Å². The Morgan fingerprint density at radius 3 is 2.38 bits per heavy atom. The molecule has 4 nitrogen and oxygen atoms in total. The van der Waals surface area contributed by atoms with E-state index in [-0.39, 0.29) is 10.6 Å². The van der Waals surface area contributed by atoms with Crippen LogP contribution in [0.25, 0.3) is 0 Å². The van der Waals surface area contributed by atoms with E-state index in [1.54, 1.807) is 12.1 Å². The van der Waals surface area contributed by atoms with Crippen molar-refractivity contribution in [3.8, 4) is 0 Å².